The molecule has 0 heterocycles. The molecule has 0 bridgehead atoms. The number of rotatable bonds is 6. The largest absolute Gasteiger partial charge is 0.390 e. The van der Waals surface area contributed by atoms with Crippen molar-refractivity contribution < 1.29 is 9.84 Å². The molecule has 0 aliphatic heterocycles. The highest BCUT2D eigenvalue weighted by Gasteiger charge is 2.14. The molecule has 88 valence electrons. The number of hydrogen-bond donors (Lipinski definition) is 1. The van der Waals surface area contributed by atoms with E-state index in [0.29, 0.717) is 13.0 Å². The van der Waals surface area contributed by atoms with E-state index in [1.807, 2.05) is 44.2 Å². The van der Waals surface area contributed by atoms with Crippen LogP contribution in [0.5, 0.6) is 0 Å². The second-order valence-electron chi connectivity index (χ2n) is 4.23. The maximum atomic E-state index is 9.78. The fraction of sp³-hybridized carbons (Fsp3) is 0.429. The minimum Gasteiger partial charge on any atom is -0.390 e. The van der Waals surface area contributed by atoms with Crippen LogP contribution in [0.1, 0.15) is 25.8 Å². The van der Waals surface area contributed by atoms with E-state index >= 15 is 0 Å². The van der Waals surface area contributed by atoms with E-state index in [1.165, 1.54) is 0 Å². The van der Waals surface area contributed by atoms with Gasteiger partial charge in [0.2, 0.25) is 0 Å². The summed E-state index contributed by atoms with van der Waals surface area (Å²) in [5, 5.41) is 9.78. The maximum absolute atomic E-state index is 9.78. The lowest BCUT2D eigenvalue weighted by Crippen LogP contribution is -2.26. The fourth-order valence-corrected chi connectivity index (χ4v) is 1.44. The van der Waals surface area contributed by atoms with E-state index < -0.39 is 6.10 Å². The van der Waals surface area contributed by atoms with Gasteiger partial charge in [-0.1, -0.05) is 35.9 Å². The minimum absolute atomic E-state index is 0.170. The molecule has 1 aromatic rings. The van der Waals surface area contributed by atoms with Gasteiger partial charge in [0.05, 0.1) is 18.8 Å². The molecule has 0 aromatic heterocycles. The second kappa shape index (κ2) is 6.46. The van der Waals surface area contributed by atoms with Crippen LogP contribution in [-0.2, 0) is 11.3 Å². The summed E-state index contributed by atoms with van der Waals surface area (Å²) in [6.07, 6.45) is -0.0474. The first-order valence-electron chi connectivity index (χ1n) is 5.57. The highest BCUT2D eigenvalue weighted by atomic mass is 16.5. The molecule has 0 amide bonds. The van der Waals surface area contributed by atoms with Gasteiger partial charge in [-0.05, 0) is 25.8 Å². The number of aliphatic hydroxyl groups excluding tert-OH is 1. The molecule has 16 heavy (non-hydrogen) atoms. The Hall–Kier alpha value is -1.12. The Kier molecular flexibility index (Phi) is 5.23. The van der Waals surface area contributed by atoms with Gasteiger partial charge in [-0.3, -0.25) is 0 Å². The lowest BCUT2D eigenvalue weighted by molar-refractivity contribution is -0.0343. The van der Waals surface area contributed by atoms with Gasteiger partial charge in [-0.15, -0.1) is 6.58 Å². The summed E-state index contributed by atoms with van der Waals surface area (Å²) in [5.74, 6) is 0. The van der Waals surface area contributed by atoms with Crippen LogP contribution in [0.25, 0.3) is 0 Å². The van der Waals surface area contributed by atoms with Gasteiger partial charge in [0, 0.05) is 0 Å². The molecule has 0 spiro atoms. The summed E-state index contributed by atoms with van der Waals surface area (Å²) in [6, 6.07) is 9.96. The first kappa shape index (κ1) is 12.9. The van der Waals surface area contributed by atoms with E-state index in [2.05, 4.69) is 6.58 Å². The summed E-state index contributed by atoms with van der Waals surface area (Å²) in [7, 11) is 0. The Morgan fingerprint density at radius 2 is 2.00 bits per heavy atom. The molecule has 0 saturated carbocycles. The molecule has 0 aliphatic rings. The molecule has 0 radical (unpaired) electrons. The number of benzene rings is 1. The van der Waals surface area contributed by atoms with Gasteiger partial charge in [-0.25, -0.2) is 0 Å². The third-order valence-electron chi connectivity index (χ3n) is 2.46. The van der Waals surface area contributed by atoms with Crippen LogP contribution >= 0.6 is 0 Å². The van der Waals surface area contributed by atoms with E-state index in [0.717, 1.165) is 11.1 Å². The number of ether oxygens (including phenoxy) is 1. The van der Waals surface area contributed by atoms with E-state index in [1.54, 1.807) is 0 Å². The van der Waals surface area contributed by atoms with Crippen LogP contribution in [0.15, 0.2) is 42.5 Å². The zero-order valence-corrected chi connectivity index (χ0v) is 10.0. The predicted octanol–water partition coefficient (Wildman–Crippen LogP) is 2.92. The molecule has 1 aromatic carbocycles. The van der Waals surface area contributed by atoms with E-state index in [4.69, 9.17) is 4.74 Å². The molecule has 2 nitrogen and oxygen atoms in total. The molecule has 0 saturated heterocycles. The van der Waals surface area contributed by atoms with Crippen LogP contribution in [0.4, 0.5) is 0 Å². The number of hydrogen-bond acceptors (Lipinski definition) is 2. The second-order valence-corrected chi connectivity index (χ2v) is 4.23. The van der Waals surface area contributed by atoms with E-state index in [9.17, 15) is 5.11 Å². The van der Waals surface area contributed by atoms with Crippen molar-refractivity contribution in [3.05, 3.63) is 48.0 Å². The van der Waals surface area contributed by atoms with Gasteiger partial charge in [0.15, 0.2) is 0 Å². The van der Waals surface area contributed by atoms with Gasteiger partial charge >= 0.3 is 0 Å². The molecule has 0 aliphatic carbocycles. The standard InChI is InChI=1S/C14H20O2/c1-11(2)9-14(15)12(3)16-10-13-7-5-4-6-8-13/h4-8,12,14-15H,1,9-10H2,2-3H3/t12-,14-/m0/s1. The molecule has 2 heteroatoms. The molecular formula is C14H20O2. The topological polar surface area (TPSA) is 29.5 Å². The highest BCUT2D eigenvalue weighted by Crippen LogP contribution is 2.11. The van der Waals surface area contributed by atoms with Crippen molar-refractivity contribution in [1.82, 2.24) is 0 Å². The van der Waals surface area contributed by atoms with Crippen molar-refractivity contribution in [2.75, 3.05) is 0 Å². The smallest absolute Gasteiger partial charge is 0.0836 e. The Balaban J connectivity index is 2.35. The van der Waals surface area contributed by atoms with Gasteiger partial charge < -0.3 is 9.84 Å². The van der Waals surface area contributed by atoms with Crippen molar-refractivity contribution in [3.63, 3.8) is 0 Å². The monoisotopic (exact) mass is 220 g/mol. The Morgan fingerprint density at radius 3 is 2.56 bits per heavy atom. The molecule has 0 unspecified atom stereocenters. The first-order chi connectivity index (χ1) is 7.59. The van der Waals surface area contributed by atoms with Crippen molar-refractivity contribution >= 4 is 0 Å². The minimum atomic E-state index is -0.471. The normalized spacial score (nSPS) is 14.4. The Labute approximate surface area is 97.6 Å². The molecule has 1 N–H and O–H groups in total. The fourth-order valence-electron chi connectivity index (χ4n) is 1.44. The van der Waals surface area contributed by atoms with Gasteiger partial charge in [-0.2, -0.15) is 0 Å². The molecule has 0 fully saturated rings. The quantitative estimate of drug-likeness (QED) is 0.747. The summed E-state index contributed by atoms with van der Waals surface area (Å²) in [4.78, 5) is 0. The van der Waals surface area contributed by atoms with Crippen LogP contribution in [0, 0.1) is 0 Å². The average molecular weight is 220 g/mol. The summed E-state index contributed by atoms with van der Waals surface area (Å²) < 4.78 is 5.60. The molecule has 1 rings (SSSR count). The van der Waals surface area contributed by atoms with Crippen molar-refractivity contribution in [1.29, 1.82) is 0 Å². The predicted molar refractivity (Wildman–Crippen MR) is 66.1 cm³/mol. The lowest BCUT2D eigenvalue weighted by Gasteiger charge is -2.19. The molecule has 2 atom stereocenters. The Morgan fingerprint density at radius 1 is 1.38 bits per heavy atom. The van der Waals surface area contributed by atoms with Gasteiger partial charge in [0.1, 0.15) is 0 Å². The summed E-state index contributed by atoms with van der Waals surface area (Å²) >= 11 is 0. The Bertz CT molecular complexity index is 319. The highest BCUT2D eigenvalue weighted by molar-refractivity contribution is 5.13. The van der Waals surface area contributed by atoms with Crippen molar-refractivity contribution in [2.24, 2.45) is 0 Å². The van der Waals surface area contributed by atoms with Crippen molar-refractivity contribution in [2.45, 2.75) is 39.1 Å². The van der Waals surface area contributed by atoms with Crippen LogP contribution in [0.2, 0.25) is 0 Å². The summed E-state index contributed by atoms with van der Waals surface area (Å²) in [5.41, 5.74) is 2.10. The number of aliphatic hydroxyl groups is 1. The van der Waals surface area contributed by atoms with Gasteiger partial charge in [0.25, 0.3) is 0 Å². The van der Waals surface area contributed by atoms with E-state index in [-0.39, 0.29) is 6.10 Å². The third-order valence-corrected chi connectivity index (χ3v) is 2.46. The van der Waals surface area contributed by atoms with Crippen LogP contribution in [0.3, 0.4) is 0 Å². The molecular weight excluding hydrogens is 200 g/mol. The van der Waals surface area contributed by atoms with Crippen molar-refractivity contribution in [3.8, 4) is 0 Å². The average Bonchev–Trinajstić information content (AvgIpc) is 2.26. The zero-order valence-electron chi connectivity index (χ0n) is 10.0. The third kappa shape index (κ3) is 4.60. The van der Waals surface area contributed by atoms with Crippen LogP contribution < -0.4 is 0 Å². The lowest BCUT2D eigenvalue weighted by atomic mass is 10.1. The van der Waals surface area contributed by atoms with Crippen LogP contribution in [-0.4, -0.2) is 17.3 Å². The SMILES string of the molecule is C=C(C)C[C@H](O)[C@H](C)OCc1ccccc1. The maximum Gasteiger partial charge on any atom is 0.0836 e. The summed E-state index contributed by atoms with van der Waals surface area (Å²) in [6.45, 7) is 8.11. The zero-order chi connectivity index (χ0) is 12.0. The first-order valence-corrected chi connectivity index (χ1v) is 5.57.